The largest absolute Gasteiger partial charge is 0.358 e. The van der Waals surface area contributed by atoms with Crippen molar-refractivity contribution < 1.29 is 0 Å². The Kier molecular flexibility index (Phi) is 2.07. The minimum atomic E-state index is 0.733. The Morgan fingerprint density at radius 3 is 3.00 bits per heavy atom. The van der Waals surface area contributed by atoms with Crippen LogP contribution in [0, 0.1) is 0 Å². The molecule has 3 rings (SSSR count). The molecule has 0 spiro atoms. The molecule has 0 atom stereocenters. The van der Waals surface area contributed by atoms with Crippen molar-refractivity contribution in [3.63, 3.8) is 0 Å². The summed E-state index contributed by atoms with van der Waals surface area (Å²) < 4.78 is 0. The van der Waals surface area contributed by atoms with E-state index in [1.165, 1.54) is 0 Å². The van der Waals surface area contributed by atoms with Gasteiger partial charge in [0, 0.05) is 16.6 Å². The monoisotopic (exact) mass is 231 g/mol. The summed E-state index contributed by atoms with van der Waals surface area (Å²) in [4.78, 5) is 11.8. The number of benzene rings is 1. The molecule has 1 aromatic carbocycles. The molecule has 4 heteroatoms. The minimum absolute atomic E-state index is 0.733. The van der Waals surface area contributed by atoms with Crippen molar-refractivity contribution >= 4 is 33.5 Å². The third-order valence-electron chi connectivity index (χ3n) is 2.76. The highest BCUT2D eigenvalue weighted by molar-refractivity contribution is 6.37. The van der Waals surface area contributed by atoms with E-state index in [1.54, 1.807) is 6.33 Å². The Morgan fingerprint density at radius 2 is 2.19 bits per heavy atom. The molecule has 2 aromatic heterocycles. The topological polar surface area (TPSA) is 41.6 Å². The molecule has 0 unspecified atom stereocenters. The minimum Gasteiger partial charge on any atom is -0.358 e. The number of aromatic nitrogens is 3. The van der Waals surface area contributed by atoms with Gasteiger partial charge in [-0.25, -0.2) is 9.97 Å². The van der Waals surface area contributed by atoms with Gasteiger partial charge in [-0.05, 0) is 24.6 Å². The molecule has 0 saturated carbocycles. The Balaban J connectivity index is 2.50. The second-order valence-electron chi connectivity index (χ2n) is 3.73. The number of aryl methyl sites for hydroxylation is 1. The van der Waals surface area contributed by atoms with Crippen LogP contribution in [0.25, 0.3) is 21.9 Å². The smallest absolute Gasteiger partial charge is 0.116 e. The van der Waals surface area contributed by atoms with E-state index in [1.807, 2.05) is 18.2 Å². The van der Waals surface area contributed by atoms with E-state index in [-0.39, 0.29) is 0 Å². The van der Waals surface area contributed by atoms with Crippen LogP contribution in [0.2, 0.25) is 5.02 Å². The quantitative estimate of drug-likeness (QED) is 0.698. The Labute approximate surface area is 97.5 Å². The first kappa shape index (κ1) is 9.60. The zero-order chi connectivity index (χ0) is 11.1. The average molecular weight is 232 g/mol. The number of nitrogens with one attached hydrogen (secondary N) is 1. The number of fused-ring (bicyclic) bond motifs is 3. The molecule has 0 aliphatic rings. The fraction of sp³-hybridized carbons (Fsp3) is 0.167. The fourth-order valence-electron chi connectivity index (χ4n) is 1.93. The van der Waals surface area contributed by atoms with Gasteiger partial charge in [0.1, 0.15) is 11.8 Å². The van der Waals surface area contributed by atoms with E-state index in [4.69, 9.17) is 11.6 Å². The zero-order valence-electron chi connectivity index (χ0n) is 8.79. The van der Waals surface area contributed by atoms with E-state index >= 15 is 0 Å². The number of nitrogens with zero attached hydrogens (tertiary/aromatic N) is 2. The van der Waals surface area contributed by atoms with Gasteiger partial charge in [0.25, 0.3) is 0 Å². The fourth-order valence-corrected chi connectivity index (χ4v) is 2.26. The summed E-state index contributed by atoms with van der Waals surface area (Å²) in [5.74, 6) is 0. The number of halogens is 1. The van der Waals surface area contributed by atoms with Crippen LogP contribution in [0.15, 0.2) is 24.5 Å². The molecular weight excluding hydrogens is 222 g/mol. The van der Waals surface area contributed by atoms with Gasteiger partial charge >= 0.3 is 0 Å². The van der Waals surface area contributed by atoms with Gasteiger partial charge in [-0.2, -0.15) is 0 Å². The van der Waals surface area contributed by atoms with Crippen LogP contribution in [0.3, 0.4) is 0 Å². The van der Waals surface area contributed by atoms with Crippen molar-refractivity contribution in [3.8, 4) is 0 Å². The van der Waals surface area contributed by atoms with Crippen molar-refractivity contribution in [1.82, 2.24) is 15.0 Å². The molecule has 16 heavy (non-hydrogen) atoms. The van der Waals surface area contributed by atoms with Gasteiger partial charge in [0.05, 0.1) is 10.5 Å². The summed E-state index contributed by atoms with van der Waals surface area (Å²) in [7, 11) is 0. The van der Waals surface area contributed by atoms with Gasteiger partial charge in [0.15, 0.2) is 0 Å². The van der Waals surface area contributed by atoms with E-state index in [2.05, 4.69) is 21.9 Å². The van der Waals surface area contributed by atoms with Gasteiger partial charge in [-0.1, -0.05) is 18.5 Å². The Hall–Kier alpha value is -1.61. The molecule has 0 radical (unpaired) electrons. The van der Waals surface area contributed by atoms with Crippen molar-refractivity contribution in [2.45, 2.75) is 13.3 Å². The first-order valence-electron chi connectivity index (χ1n) is 5.20. The molecule has 0 aliphatic heterocycles. The van der Waals surface area contributed by atoms with Gasteiger partial charge in [-0.3, -0.25) is 0 Å². The van der Waals surface area contributed by atoms with Crippen molar-refractivity contribution in [2.75, 3.05) is 0 Å². The highest BCUT2D eigenvalue weighted by atomic mass is 35.5. The maximum absolute atomic E-state index is 6.29. The lowest BCUT2D eigenvalue weighted by Crippen LogP contribution is -1.89. The average Bonchev–Trinajstić information content (AvgIpc) is 2.76. The third kappa shape index (κ3) is 1.28. The summed E-state index contributed by atoms with van der Waals surface area (Å²) in [6, 6.07) is 5.91. The molecule has 0 bridgehead atoms. The highest BCUT2D eigenvalue weighted by Crippen LogP contribution is 2.29. The second kappa shape index (κ2) is 3.46. The summed E-state index contributed by atoms with van der Waals surface area (Å²) in [5.41, 5.74) is 3.88. The molecule has 3 nitrogen and oxygen atoms in total. The maximum Gasteiger partial charge on any atom is 0.116 e. The number of imidazole rings is 1. The molecule has 1 N–H and O–H groups in total. The zero-order valence-corrected chi connectivity index (χ0v) is 9.54. The molecular formula is C12H10ClN3. The number of rotatable bonds is 1. The van der Waals surface area contributed by atoms with Gasteiger partial charge < -0.3 is 4.98 Å². The summed E-state index contributed by atoms with van der Waals surface area (Å²) in [6.45, 7) is 2.09. The summed E-state index contributed by atoms with van der Waals surface area (Å²) in [5, 5.41) is 1.69. The number of aromatic amines is 1. The lowest BCUT2D eigenvalue weighted by molar-refractivity contribution is 1.06. The van der Waals surface area contributed by atoms with E-state index in [0.717, 1.165) is 39.1 Å². The molecule has 2 heterocycles. The van der Waals surface area contributed by atoms with Crippen molar-refractivity contribution in [3.05, 3.63) is 35.2 Å². The SMILES string of the molecule is CCc1cc(Cl)c2c(ccc3ncnc32)[nH]1. The van der Waals surface area contributed by atoms with E-state index < -0.39 is 0 Å². The van der Waals surface area contributed by atoms with Crippen LogP contribution >= 0.6 is 11.6 Å². The first-order chi connectivity index (χ1) is 7.79. The molecule has 80 valence electrons. The lowest BCUT2D eigenvalue weighted by atomic mass is 10.1. The van der Waals surface area contributed by atoms with Crippen molar-refractivity contribution in [1.29, 1.82) is 0 Å². The van der Waals surface area contributed by atoms with Crippen LogP contribution in [0.5, 0.6) is 0 Å². The Morgan fingerprint density at radius 1 is 1.31 bits per heavy atom. The molecule has 0 saturated heterocycles. The first-order valence-corrected chi connectivity index (χ1v) is 5.58. The van der Waals surface area contributed by atoms with Crippen LogP contribution in [0.1, 0.15) is 12.6 Å². The van der Waals surface area contributed by atoms with Gasteiger partial charge in [0.2, 0.25) is 0 Å². The third-order valence-corrected chi connectivity index (χ3v) is 3.05. The summed E-state index contributed by atoms with van der Waals surface area (Å²) in [6.07, 6.45) is 2.49. The number of H-pyrrole nitrogens is 1. The summed E-state index contributed by atoms with van der Waals surface area (Å²) >= 11 is 6.29. The van der Waals surface area contributed by atoms with Gasteiger partial charge in [-0.15, -0.1) is 0 Å². The van der Waals surface area contributed by atoms with Crippen LogP contribution in [0.4, 0.5) is 0 Å². The van der Waals surface area contributed by atoms with E-state index in [0.29, 0.717) is 0 Å². The van der Waals surface area contributed by atoms with Crippen LogP contribution in [-0.4, -0.2) is 15.0 Å². The molecule has 0 aliphatic carbocycles. The standard InChI is InChI=1S/C12H10ClN3/c1-2-7-5-8(13)11-9(16-7)3-4-10-12(11)15-6-14-10/h3-6,16H,2H2,1H3. The molecule has 0 fully saturated rings. The molecule has 3 aromatic rings. The molecule has 0 amide bonds. The van der Waals surface area contributed by atoms with Crippen LogP contribution < -0.4 is 0 Å². The lowest BCUT2D eigenvalue weighted by Gasteiger charge is -2.05. The predicted molar refractivity (Wildman–Crippen MR) is 65.8 cm³/mol. The maximum atomic E-state index is 6.29. The van der Waals surface area contributed by atoms with Crippen LogP contribution in [-0.2, 0) is 6.42 Å². The normalized spacial score (nSPS) is 11.4. The number of hydrogen-bond donors (Lipinski definition) is 1. The number of hydrogen-bond acceptors (Lipinski definition) is 2. The highest BCUT2D eigenvalue weighted by Gasteiger charge is 2.08. The predicted octanol–water partition coefficient (Wildman–Crippen LogP) is 3.33. The van der Waals surface area contributed by atoms with Crippen molar-refractivity contribution in [2.24, 2.45) is 0 Å². The van der Waals surface area contributed by atoms with E-state index in [9.17, 15) is 0 Å². The Bertz CT molecular complexity index is 672. The second-order valence-corrected chi connectivity index (χ2v) is 4.13. The number of pyridine rings is 1.